The number of halogens is 3. The Balaban J connectivity index is 2.09. The highest BCUT2D eigenvalue weighted by Gasteiger charge is 2.40. The van der Waals surface area contributed by atoms with Gasteiger partial charge < -0.3 is 4.57 Å². The number of para-hydroxylation sites is 1. The SMILES string of the molecule is Cn1cc(/C(=N\OS(=O)(=O)c2ccccc2)C(F)(F)F)c2ccccc21. The number of hydrogen-bond donors (Lipinski definition) is 0. The lowest BCUT2D eigenvalue weighted by molar-refractivity contribution is -0.0596. The number of fused-ring (bicyclic) bond motifs is 1. The molecule has 3 aromatic rings. The van der Waals surface area contributed by atoms with Gasteiger partial charge in [0.15, 0.2) is 5.71 Å². The lowest BCUT2D eigenvalue weighted by Crippen LogP contribution is -2.25. The molecule has 0 aliphatic carbocycles. The van der Waals surface area contributed by atoms with Crippen molar-refractivity contribution in [2.45, 2.75) is 11.1 Å². The second-order valence-corrected chi connectivity index (χ2v) is 6.98. The number of alkyl halides is 3. The molecule has 1 aromatic heterocycles. The lowest BCUT2D eigenvalue weighted by Gasteiger charge is -2.09. The van der Waals surface area contributed by atoms with Crippen LogP contribution >= 0.6 is 0 Å². The van der Waals surface area contributed by atoms with E-state index in [4.69, 9.17) is 0 Å². The van der Waals surface area contributed by atoms with Gasteiger partial charge in [-0.1, -0.05) is 41.6 Å². The summed E-state index contributed by atoms with van der Waals surface area (Å²) in [5, 5.41) is 3.25. The van der Waals surface area contributed by atoms with Gasteiger partial charge >= 0.3 is 16.3 Å². The minimum atomic E-state index is -4.91. The van der Waals surface area contributed by atoms with Crippen LogP contribution in [0.15, 0.2) is 70.8 Å². The van der Waals surface area contributed by atoms with E-state index in [2.05, 4.69) is 9.44 Å². The van der Waals surface area contributed by atoms with Crippen LogP contribution in [-0.2, 0) is 21.4 Å². The van der Waals surface area contributed by atoms with Gasteiger partial charge in [0.2, 0.25) is 0 Å². The lowest BCUT2D eigenvalue weighted by atomic mass is 10.1. The van der Waals surface area contributed by atoms with Gasteiger partial charge in [0.05, 0.1) is 0 Å². The molecular weight excluding hydrogens is 369 g/mol. The summed E-state index contributed by atoms with van der Waals surface area (Å²) in [7, 11) is -2.88. The third kappa shape index (κ3) is 3.43. The molecule has 0 saturated carbocycles. The van der Waals surface area contributed by atoms with Crippen molar-refractivity contribution in [3.8, 4) is 0 Å². The van der Waals surface area contributed by atoms with Crippen molar-refractivity contribution >= 4 is 26.7 Å². The van der Waals surface area contributed by atoms with Crippen molar-refractivity contribution in [3.63, 3.8) is 0 Å². The largest absolute Gasteiger partial charge is 0.437 e. The molecule has 0 fully saturated rings. The molecule has 0 aliphatic rings. The van der Waals surface area contributed by atoms with Crippen molar-refractivity contribution in [2.75, 3.05) is 0 Å². The van der Waals surface area contributed by atoms with E-state index in [1.54, 1.807) is 31.3 Å². The van der Waals surface area contributed by atoms with Crippen LogP contribution in [0.5, 0.6) is 0 Å². The summed E-state index contributed by atoms with van der Waals surface area (Å²) < 4.78 is 70.5. The van der Waals surface area contributed by atoms with Crippen LogP contribution in [0.25, 0.3) is 10.9 Å². The first-order chi connectivity index (χ1) is 12.2. The number of benzene rings is 2. The van der Waals surface area contributed by atoms with Crippen LogP contribution in [-0.4, -0.2) is 24.9 Å². The van der Waals surface area contributed by atoms with Gasteiger partial charge in [-0.2, -0.15) is 21.6 Å². The van der Waals surface area contributed by atoms with E-state index in [9.17, 15) is 21.6 Å². The molecule has 0 saturated heterocycles. The van der Waals surface area contributed by atoms with E-state index >= 15 is 0 Å². The third-order valence-corrected chi connectivity index (χ3v) is 4.80. The second kappa shape index (κ2) is 6.49. The molecule has 0 unspecified atom stereocenters. The van der Waals surface area contributed by atoms with Crippen molar-refractivity contribution in [2.24, 2.45) is 12.2 Å². The summed E-state index contributed by atoms with van der Waals surface area (Å²) in [4.78, 5) is -0.289. The highest BCUT2D eigenvalue weighted by atomic mass is 32.2. The maximum atomic E-state index is 13.5. The molecule has 0 spiro atoms. The van der Waals surface area contributed by atoms with E-state index in [-0.39, 0.29) is 15.8 Å². The van der Waals surface area contributed by atoms with Gasteiger partial charge in [0.1, 0.15) is 4.90 Å². The van der Waals surface area contributed by atoms with Crippen molar-refractivity contribution in [1.29, 1.82) is 0 Å². The first-order valence-corrected chi connectivity index (χ1v) is 8.79. The fourth-order valence-corrected chi connectivity index (χ4v) is 3.25. The molecule has 26 heavy (non-hydrogen) atoms. The van der Waals surface area contributed by atoms with E-state index in [1.807, 2.05) is 0 Å². The minimum absolute atomic E-state index is 0.265. The van der Waals surface area contributed by atoms with Crippen LogP contribution in [0, 0.1) is 0 Å². The fraction of sp³-hybridized carbons (Fsp3) is 0.118. The average molecular weight is 382 g/mol. The Hall–Kier alpha value is -2.81. The standard InChI is InChI=1S/C17H13F3N2O3S/c1-22-11-14(13-9-5-6-10-15(13)22)16(17(18,19)20)21-25-26(23,24)12-7-3-2-4-8-12/h2-11H,1H3/b21-16+. The average Bonchev–Trinajstić information content (AvgIpc) is 2.92. The molecule has 1 heterocycles. The number of rotatable bonds is 4. The number of aryl methyl sites for hydroxylation is 1. The highest BCUT2D eigenvalue weighted by Crippen LogP contribution is 2.29. The zero-order valence-electron chi connectivity index (χ0n) is 13.4. The van der Waals surface area contributed by atoms with Crippen molar-refractivity contribution in [1.82, 2.24) is 4.57 Å². The van der Waals surface area contributed by atoms with Gasteiger partial charge in [0.25, 0.3) is 0 Å². The zero-order valence-corrected chi connectivity index (χ0v) is 14.3. The van der Waals surface area contributed by atoms with Crippen molar-refractivity contribution in [3.05, 3.63) is 66.4 Å². The summed E-state index contributed by atoms with van der Waals surface area (Å²) in [6.45, 7) is 0. The second-order valence-electron chi connectivity index (χ2n) is 5.45. The molecule has 0 atom stereocenters. The van der Waals surface area contributed by atoms with Gasteiger partial charge in [0, 0.05) is 29.7 Å². The maximum absolute atomic E-state index is 13.5. The Morgan fingerprint density at radius 2 is 1.65 bits per heavy atom. The van der Waals surface area contributed by atoms with Crippen LogP contribution < -0.4 is 0 Å². The molecule has 2 aromatic carbocycles. The number of hydrogen-bond acceptors (Lipinski definition) is 4. The monoisotopic (exact) mass is 382 g/mol. The topological polar surface area (TPSA) is 60.7 Å². The molecular formula is C17H13F3N2O3S. The first-order valence-electron chi connectivity index (χ1n) is 7.38. The van der Waals surface area contributed by atoms with Crippen LogP contribution in [0.3, 0.4) is 0 Å². The molecule has 0 amide bonds. The smallest absolute Gasteiger partial charge is 0.350 e. The van der Waals surface area contributed by atoms with Crippen LogP contribution in [0.2, 0.25) is 0 Å². The van der Waals surface area contributed by atoms with Gasteiger partial charge in [-0.25, -0.2) is 0 Å². The Morgan fingerprint density at radius 1 is 1.04 bits per heavy atom. The first kappa shape index (κ1) is 18.0. The Labute approximate surface area is 147 Å². The van der Waals surface area contributed by atoms with Crippen LogP contribution in [0.1, 0.15) is 5.56 Å². The summed E-state index contributed by atoms with van der Waals surface area (Å²) in [6, 6.07) is 13.2. The maximum Gasteiger partial charge on any atom is 0.437 e. The van der Waals surface area contributed by atoms with Gasteiger partial charge in [-0.3, -0.25) is 4.28 Å². The summed E-state index contributed by atoms with van der Waals surface area (Å²) >= 11 is 0. The molecule has 0 radical (unpaired) electrons. The zero-order chi connectivity index (χ0) is 18.9. The van der Waals surface area contributed by atoms with Gasteiger partial charge in [-0.15, -0.1) is 0 Å². The van der Waals surface area contributed by atoms with Crippen molar-refractivity contribution < 1.29 is 25.9 Å². The Kier molecular flexibility index (Phi) is 4.49. The quantitative estimate of drug-likeness (QED) is 0.509. The predicted molar refractivity (Wildman–Crippen MR) is 90.2 cm³/mol. The highest BCUT2D eigenvalue weighted by molar-refractivity contribution is 7.86. The summed E-state index contributed by atoms with van der Waals surface area (Å²) in [6.07, 6.45) is -3.67. The number of oxime groups is 1. The predicted octanol–water partition coefficient (Wildman–Crippen LogP) is 3.85. The Bertz CT molecular complexity index is 1070. The number of aromatic nitrogens is 1. The fourth-order valence-electron chi connectivity index (χ4n) is 2.50. The summed E-state index contributed by atoms with van der Waals surface area (Å²) in [5.41, 5.74) is -1.14. The molecule has 0 bridgehead atoms. The van der Waals surface area contributed by atoms with E-state index in [1.165, 1.54) is 41.1 Å². The molecule has 0 N–H and O–H groups in total. The molecule has 3 rings (SSSR count). The van der Waals surface area contributed by atoms with E-state index < -0.39 is 22.0 Å². The molecule has 0 aliphatic heterocycles. The van der Waals surface area contributed by atoms with Gasteiger partial charge in [-0.05, 0) is 18.2 Å². The van der Waals surface area contributed by atoms with Crippen LogP contribution in [0.4, 0.5) is 13.2 Å². The summed E-state index contributed by atoms with van der Waals surface area (Å²) in [5.74, 6) is 0. The normalized spacial score (nSPS) is 13.2. The van der Waals surface area contributed by atoms with E-state index in [0.717, 1.165) is 0 Å². The Morgan fingerprint density at radius 3 is 2.31 bits per heavy atom. The molecule has 9 heteroatoms. The molecule has 5 nitrogen and oxygen atoms in total. The molecule has 136 valence electrons. The third-order valence-electron chi connectivity index (χ3n) is 3.68. The van der Waals surface area contributed by atoms with E-state index in [0.29, 0.717) is 5.52 Å². The number of nitrogens with zero attached hydrogens (tertiary/aromatic N) is 2. The minimum Gasteiger partial charge on any atom is -0.350 e.